The number of nitrogens with zero attached hydrogens (tertiary/aromatic N) is 4. The van der Waals surface area contributed by atoms with E-state index in [0.29, 0.717) is 48.6 Å². The predicted octanol–water partition coefficient (Wildman–Crippen LogP) is 3.69. The third kappa shape index (κ3) is 4.96. The lowest BCUT2D eigenvalue weighted by atomic mass is 10.1. The number of rotatable bonds is 6. The van der Waals surface area contributed by atoms with E-state index in [9.17, 15) is 14.0 Å². The lowest BCUT2D eigenvalue weighted by Gasteiger charge is -2.29. The van der Waals surface area contributed by atoms with Gasteiger partial charge in [-0.25, -0.2) is 18.9 Å². The van der Waals surface area contributed by atoms with Gasteiger partial charge in [-0.1, -0.05) is 42.5 Å². The maximum Gasteiger partial charge on any atom is 0.339 e. The van der Waals surface area contributed by atoms with Gasteiger partial charge in [0, 0.05) is 18.7 Å². The van der Waals surface area contributed by atoms with E-state index in [0.717, 1.165) is 5.56 Å². The summed E-state index contributed by atoms with van der Waals surface area (Å²) in [6.07, 6.45) is 0.586. The third-order valence-corrected chi connectivity index (χ3v) is 6.07. The number of morpholine rings is 1. The molecule has 1 saturated heterocycles. The van der Waals surface area contributed by atoms with Crippen molar-refractivity contribution in [2.45, 2.75) is 19.6 Å². The van der Waals surface area contributed by atoms with E-state index in [4.69, 9.17) is 14.5 Å². The first-order valence-corrected chi connectivity index (χ1v) is 11.7. The number of fused-ring (bicyclic) bond motifs is 1. The minimum absolute atomic E-state index is 0.256. The number of amides is 1. The number of hydrogen-bond acceptors (Lipinski definition) is 6. The Morgan fingerprint density at radius 2 is 1.86 bits per heavy atom. The lowest BCUT2D eigenvalue weighted by Crippen LogP contribution is -2.46. The fourth-order valence-corrected chi connectivity index (χ4v) is 4.21. The Hall–Kier alpha value is -4.11. The highest BCUT2D eigenvalue weighted by atomic mass is 19.1. The minimum atomic E-state index is -0.957. The van der Waals surface area contributed by atoms with Crippen LogP contribution in [-0.4, -0.2) is 63.9 Å². The summed E-state index contributed by atoms with van der Waals surface area (Å²) in [6.45, 7) is 3.69. The molecule has 1 fully saturated rings. The van der Waals surface area contributed by atoms with Gasteiger partial charge in [0.05, 0.1) is 42.6 Å². The fourth-order valence-electron chi connectivity index (χ4n) is 4.21. The monoisotopic (exact) mass is 488 g/mol. The normalized spacial score (nSPS) is 14.6. The van der Waals surface area contributed by atoms with E-state index in [-0.39, 0.29) is 23.8 Å². The summed E-state index contributed by atoms with van der Waals surface area (Å²) >= 11 is 0. The Morgan fingerprint density at radius 1 is 1.08 bits per heavy atom. The Morgan fingerprint density at radius 3 is 2.61 bits per heavy atom. The van der Waals surface area contributed by atoms with E-state index in [1.165, 1.54) is 12.1 Å². The van der Waals surface area contributed by atoms with E-state index in [1.807, 2.05) is 30.3 Å². The number of carbonyl (C=O) groups is 2. The summed E-state index contributed by atoms with van der Waals surface area (Å²) in [5, 5.41) is 4.91. The Balaban J connectivity index is 1.50. The zero-order chi connectivity index (χ0) is 25.1. The van der Waals surface area contributed by atoms with Gasteiger partial charge in [0.15, 0.2) is 11.8 Å². The quantitative estimate of drug-likeness (QED) is 0.385. The average molecular weight is 489 g/mol. The summed E-state index contributed by atoms with van der Waals surface area (Å²) in [7, 11) is 0. The Bertz CT molecular complexity index is 1400. The smallest absolute Gasteiger partial charge is 0.339 e. The predicted molar refractivity (Wildman–Crippen MR) is 131 cm³/mol. The average Bonchev–Trinajstić information content (AvgIpc) is 3.31. The number of hydrogen-bond donors (Lipinski definition) is 0. The van der Waals surface area contributed by atoms with Crippen molar-refractivity contribution < 1.29 is 23.5 Å². The molecule has 0 aliphatic carbocycles. The number of ether oxygens (including phenoxy) is 2. The molecule has 4 aromatic rings. The van der Waals surface area contributed by atoms with E-state index >= 15 is 0 Å². The molecule has 1 aliphatic rings. The van der Waals surface area contributed by atoms with Gasteiger partial charge in [-0.3, -0.25) is 4.79 Å². The van der Waals surface area contributed by atoms with Gasteiger partial charge in [0.2, 0.25) is 0 Å². The van der Waals surface area contributed by atoms with Crippen LogP contribution in [0, 0.1) is 5.82 Å². The van der Waals surface area contributed by atoms with E-state index < -0.39 is 12.1 Å². The summed E-state index contributed by atoms with van der Waals surface area (Å²) in [5.74, 6) is -1.24. The molecule has 1 aliphatic heterocycles. The van der Waals surface area contributed by atoms with Crippen molar-refractivity contribution in [1.29, 1.82) is 0 Å². The van der Waals surface area contributed by atoms with E-state index in [1.54, 1.807) is 40.9 Å². The number of carbonyl (C=O) groups excluding carboxylic acids is 2. The summed E-state index contributed by atoms with van der Waals surface area (Å²) in [4.78, 5) is 32.5. The van der Waals surface area contributed by atoms with Gasteiger partial charge in [0.1, 0.15) is 5.82 Å². The molecule has 3 heterocycles. The molecule has 2 aromatic carbocycles. The van der Waals surface area contributed by atoms with Gasteiger partial charge in [-0.2, -0.15) is 5.10 Å². The van der Waals surface area contributed by atoms with Crippen LogP contribution in [0.25, 0.3) is 22.3 Å². The standard InChI is InChI=1S/C27H25FN4O4/c1-18(26(33)31-10-12-35-13-11-31)36-27(34)22-15-24(20-7-3-2-4-8-20)30-25-23(22)16-29-32(25)17-19-6-5-9-21(28)14-19/h2-9,14-16,18H,10-13,17H2,1H3. The first-order valence-electron chi connectivity index (χ1n) is 11.7. The Kier molecular flexibility index (Phi) is 6.73. The van der Waals surface area contributed by atoms with Gasteiger partial charge in [0.25, 0.3) is 5.91 Å². The van der Waals surface area contributed by atoms with Crippen LogP contribution >= 0.6 is 0 Å². The molecule has 0 bridgehead atoms. The van der Waals surface area contributed by atoms with Crippen LogP contribution in [0.5, 0.6) is 0 Å². The first-order chi connectivity index (χ1) is 17.5. The second-order valence-corrected chi connectivity index (χ2v) is 8.58. The van der Waals surface area contributed by atoms with E-state index in [2.05, 4.69) is 5.10 Å². The molecule has 1 unspecified atom stereocenters. The van der Waals surface area contributed by atoms with Crippen molar-refractivity contribution in [2.24, 2.45) is 0 Å². The molecule has 5 rings (SSSR count). The van der Waals surface area contributed by atoms with Crippen molar-refractivity contribution in [3.8, 4) is 11.3 Å². The third-order valence-electron chi connectivity index (χ3n) is 6.07. The van der Waals surface area contributed by atoms with Crippen molar-refractivity contribution in [2.75, 3.05) is 26.3 Å². The van der Waals surface area contributed by atoms with Crippen LogP contribution < -0.4 is 0 Å². The van der Waals surface area contributed by atoms with Crippen LogP contribution in [0.1, 0.15) is 22.8 Å². The van der Waals surface area contributed by atoms with Gasteiger partial charge in [-0.15, -0.1) is 0 Å². The number of esters is 1. The zero-order valence-corrected chi connectivity index (χ0v) is 19.8. The topological polar surface area (TPSA) is 86.5 Å². The number of aromatic nitrogens is 3. The van der Waals surface area contributed by atoms with Crippen molar-refractivity contribution in [3.63, 3.8) is 0 Å². The fraction of sp³-hybridized carbons (Fsp3) is 0.259. The second kappa shape index (κ2) is 10.2. The zero-order valence-electron chi connectivity index (χ0n) is 19.8. The molecule has 0 saturated carbocycles. The van der Waals surface area contributed by atoms with Crippen LogP contribution in [0.15, 0.2) is 66.9 Å². The highest BCUT2D eigenvalue weighted by molar-refractivity contribution is 6.04. The molecule has 0 spiro atoms. The van der Waals surface area contributed by atoms with Gasteiger partial charge >= 0.3 is 5.97 Å². The lowest BCUT2D eigenvalue weighted by molar-refractivity contribution is -0.143. The van der Waals surface area contributed by atoms with Crippen molar-refractivity contribution >= 4 is 22.9 Å². The van der Waals surface area contributed by atoms with Crippen molar-refractivity contribution in [3.05, 3.63) is 83.8 Å². The summed E-state index contributed by atoms with van der Waals surface area (Å²) < 4.78 is 26.3. The number of pyridine rings is 1. The molecule has 0 radical (unpaired) electrons. The molecule has 36 heavy (non-hydrogen) atoms. The maximum atomic E-state index is 13.7. The van der Waals surface area contributed by atoms with Crippen molar-refractivity contribution in [1.82, 2.24) is 19.7 Å². The Labute approximate surface area is 207 Å². The van der Waals surface area contributed by atoms with Gasteiger partial charge < -0.3 is 14.4 Å². The largest absolute Gasteiger partial charge is 0.449 e. The maximum absolute atomic E-state index is 13.7. The SMILES string of the molecule is CC(OC(=O)c1cc(-c2ccccc2)nc2c1cnn2Cc1cccc(F)c1)C(=O)N1CCOCC1. The molecular formula is C27H25FN4O4. The molecule has 1 amide bonds. The van der Waals surface area contributed by atoms with Crippen LogP contribution in [0.2, 0.25) is 0 Å². The molecular weight excluding hydrogens is 463 g/mol. The molecule has 2 aromatic heterocycles. The number of halogens is 1. The van der Waals surface area contributed by atoms with Crippen LogP contribution in [0.3, 0.4) is 0 Å². The summed E-state index contributed by atoms with van der Waals surface area (Å²) in [6, 6.07) is 17.3. The highest BCUT2D eigenvalue weighted by Crippen LogP contribution is 2.26. The molecule has 0 N–H and O–H groups in total. The second-order valence-electron chi connectivity index (χ2n) is 8.58. The summed E-state index contributed by atoms with van der Waals surface area (Å²) in [5.41, 5.74) is 2.79. The molecule has 9 heteroatoms. The van der Waals surface area contributed by atoms with Gasteiger partial charge in [-0.05, 0) is 30.7 Å². The van der Waals surface area contributed by atoms with Crippen LogP contribution in [0.4, 0.5) is 4.39 Å². The first kappa shape index (κ1) is 23.6. The number of benzene rings is 2. The minimum Gasteiger partial charge on any atom is -0.449 e. The highest BCUT2D eigenvalue weighted by Gasteiger charge is 2.27. The molecule has 1 atom stereocenters. The van der Waals surface area contributed by atoms with Crippen LogP contribution in [-0.2, 0) is 20.8 Å². The molecule has 184 valence electrons. The molecule has 8 nitrogen and oxygen atoms in total.